The number of nitrogens with zero attached hydrogens (tertiary/aromatic N) is 1. The number of hydrogen-bond acceptors (Lipinski definition) is 4. The van der Waals surface area contributed by atoms with Crippen LogP contribution in [0, 0.1) is 6.92 Å². The van der Waals surface area contributed by atoms with Crippen LogP contribution in [0.5, 0.6) is 0 Å². The van der Waals surface area contributed by atoms with Crippen LogP contribution in [0.4, 0.5) is 0 Å². The fraction of sp³-hybridized carbons (Fsp3) is 0.571. The Morgan fingerprint density at radius 3 is 2.40 bits per heavy atom. The Labute approximate surface area is 120 Å². The van der Waals surface area contributed by atoms with E-state index in [4.69, 9.17) is 9.84 Å². The minimum absolute atomic E-state index is 0.00186. The lowest BCUT2D eigenvalue weighted by molar-refractivity contribution is 0.00318. The van der Waals surface area contributed by atoms with Crippen LogP contribution in [0.1, 0.15) is 18.4 Å². The molecular weight excluding hydrogens is 278 g/mol. The molecule has 0 atom stereocenters. The third-order valence-corrected chi connectivity index (χ3v) is 5.42. The van der Waals surface area contributed by atoms with E-state index < -0.39 is 10.0 Å². The molecule has 0 aliphatic carbocycles. The van der Waals surface area contributed by atoms with Crippen molar-refractivity contribution in [3.8, 4) is 0 Å². The van der Waals surface area contributed by atoms with Crippen molar-refractivity contribution in [2.24, 2.45) is 0 Å². The molecule has 112 valence electrons. The van der Waals surface area contributed by atoms with E-state index in [0.717, 1.165) is 5.56 Å². The van der Waals surface area contributed by atoms with Gasteiger partial charge >= 0.3 is 0 Å². The zero-order valence-corrected chi connectivity index (χ0v) is 12.5. The summed E-state index contributed by atoms with van der Waals surface area (Å²) in [5.41, 5.74) is 1.04. The van der Waals surface area contributed by atoms with Crippen LogP contribution in [0.15, 0.2) is 29.2 Å². The Morgan fingerprint density at radius 1 is 1.25 bits per heavy atom. The van der Waals surface area contributed by atoms with Gasteiger partial charge in [0.2, 0.25) is 10.0 Å². The number of aliphatic hydroxyl groups excluding tert-OH is 1. The Morgan fingerprint density at radius 2 is 1.85 bits per heavy atom. The highest BCUT2D eigenvalue weighted by molar-refractivity contribution is 7.89. The predicted octanol–water partition coefficient (Wildman–Crippen LogP) is 1.16. The number of sulfonamides is 1. The predicted molar refractivity (Wildman–Crippen MR) is 76.0 cm³/mol. The molecular formula is C14H21NO4S. The first kappa shape index (κ1) is 15.4. The highest BCUT2D eigenvalue weighted by atomic mass is 32.2. The zero-order chi connectivity index (χ0) is 14.6. The normalized spacial score (nSPS) is 18.3. The maximum atomic E-state index is 12.5. The molecule has 2 rings (SSSR count). The Bertz CT molecular complexity index is 519. The highest BCUT2D eigenvalue weighted by Gasteiger charge is 2.29. The van der Waals surface area contributed by atoms with Crippen LogP contribution in [0.3, 0.4) is 0 Å². The third kappa shape index (κ3) is 3.58. The molecule has 0 amide bonds. The van der Waals surface area contributed by atoms with Crippen molar-refractivity contribution >= 4 is 10.0 Å². The average Bonchev–Trinajstić information content (AvgIpc) is 2.46. The number of hydrogen-bond donors (Lipinski definition) is 1. The van der Waals surface area contributed by atoms with Gasteiger partial charge in [0.1, 0.15) is 0 Å². The van der Waals surface area contributed by atoms with Crippen LogP contribution in [0.2, 0.25) is 0 Å². The number of benzene rings is 1. The van der Waals surface area contributed by atoms with Crippen molar-refractivity contribution in [1.29, 1.82) is 0 Å². The van der Waals surface area contributed by atoms with Crippen LogP contribution in [-0.2, 0) is 14.8 Å². The summed E-state index contributed by atoms with van der Waals surface area (Å²) in [6.45, 7) is 3.18. The summed E-state index contributed by atoms with van der Waals surface area (Å²) >= 11 is 0. The van der Waals surface area contributed by atoms with Crippen molar-refractivity contribution in [1.82, 2.24) is 4.31 Å². The van der Waals surface area contributed by atoms with E-state index in [9.17, 15) is 8.42 Å². The van der Waals surface area contributed by atoms with E-state index in [2.05, 4.69) is 0 Å². The average molecular weight is 299 g/mol. The van der Waals surface area contributed by atoms with Gasteiger partial charge < -0.3 is 9.84 Å². The second-order valence-corrected chi connectivity index (χ2v) is 6.95. The summed E-state index contributed by atoms with van der Waals surface area (Å²) in [5, 5.41) is 8.72. The fourth-order valence-corrected chi connectivity index (χ4v) is 3.79. The zero-order valence-electron chi connectivity index (χ0n) is 11.7. The summed E-state index contributed by atoms with van der Waals surface area (Å²) in [4.78, 5) is 0.345. The largest absolute Gasteiger partial charge is 0.394 e. The molecule has 20 heavy (non-hydrogen) atoms. The van der Waals surface area contributed by atoms with Crippen LogP contribution >= 0.6 is 0 Å². The standard InChI is InChI=1S/C14H21NO4S/c1-12-2-4-14(5-3-12)20(17,18)15-8-6-13(7-9-15)19-11-10-16/h2-5,13,16H,6-11H2,1H3. The van der Waals surface area contributed by atoms with E-state index in [-0.39, 0.29) is 12.7 Å². The molecule has 0 bridgehead atoms. The van der Waals surface area contributed by atoms with Crippen molar-refractivity contribution in [2.45, 2.75) is 30.8 Å². The molecule has 1 aromatic carbocycles. The second kappa shape index (κ2) is 6.67. The quantitative estimate of drug-likeness (QED) is 0.886. The molecule has 6 heteroatoms. The van der Waals surface area contributed by atoms with E-state index in [1.165, 1.54) is 4.31 Å². The molecule has 1 aromatic rings. The van der Waals surface area contributed by atoms with Crippen LogP contribution in [0.25, 0.3) is 0 Å². The van der Waals surface area contributed by atoms with Gasteiger partial charge in [0.05, 0.1) is 24.2 Å². The van der Waals surface area contributed by atoms with Crippen molar-refractivity contribution in [3.05, 3.63) is 29.8 Å². The monoisotopic (exact) mass is 299 g/mol. The lowest BCUT2D eigenvalue weighted by atomic mass is 10.1. The molecule has 0 radical (unpaired) electrons. The minimum Gasteiger partial charge on any atom is -0.394 e. The van der Waals surface area contributed by atoms with Gasteiger partial charge in [0, 0.05) is 13.1 Å². The Hall–Kier alpha value is -0.950. The fourth-order valence-electron chi connectivity index (χ4n) is 2.32. The number of aliphatic hydroxyl groups is 1. The summed E-state index contributed by atoms with van der Waals surface area (Å²) < 4.78 is 31.9. The molecule has 0 saturated carbocycles. The highest BCUT2D eigenvalue weighted by Crippen LogP contribution is 2.22. The Balaban J connectivity index is 2.00. The first-order valence-corrected chi connectivity index (χ1v) is 8.27. The smallest absolute Gasteiger partial charge is 0.243 e. The number of aryl methyl sites for hydroxylation is 1. The van der Waals surface area contributed by atoms with Gasteiger partial charge in [0.25, 0.3) is 0 Å². The van der Waals surface area contributed by atoms with Gasteiger partial charge in [-0.25, -0.2) is 8.42 Å². The molecule has 0 spiro atoms. The number of ether oxygens (including phenoxy) is 1. The molecule has 5 nitrogen and oxygen atoms in total. The first-order chi connectivity index (χ1) is 9.54. The molecule has 1 fully saturated rings. The summed E-state index contributed by atoms with van der Waals surface area (Å²) in [6, 6.07) is 6.92. The van der Waals surface area contributed by atoms with E-state index in [0.29, 0.717) is 37.4 Å². The topological polar surface area (TPSA) is 66.8 Å². The van der Waals surface area contributed by atoms with Crippen molar-refractivity contribution < 1.29 is 18.3 Å². The van der Waals surface area contributed by atoms with Gasteiger partial charge in [-0.3, -0.25) is 0 Å². The van der Waals surface area contributed by atoms with Gasteiger partial charge in [-0.2, -0.15) is 4.31 Å². The SMILES string of the molecule is Cc1ccc(S(=O)(=O)N2CCC(OCCO)CC2)cc1. The van der Waals surface area contributed by atoms with Gasteiger partial charge in [-0.15, -0.1) is 0 Å². The Kier molecular flexibility index (Phi) is 5.15. The van der Waals surface area contributed by atoms with Gasteiger partial charge in [-0.1, -0.05) is 17.7 Å². The number of rotatable bonds is 5. The lowest BCUT2D eigenvalue weighted by Gasteiger charge is -2.31. The van der Waals surface area contributed by atoms with E-state index in [1.54, 1.807) is 12.1 Å². The van der Waals surface area contributed by atoms with E-state index in [1.807, 2.05) is 19.1 Å². The van der Waals surface area contributed by atoms with Gasteiger partial charge in [-0.05, 0) is 31.9 Å². The summed E-state index contributed by atoms with van der Waals surface area (Å²) in [7, 11) is -3.39. The maximum Gasteiger partial charge on any atom is 0.243 e. The molecule has 0 aromatic heterocycles. The number of piperidine rings is 1. The molecule has 1 aliphatic heterocycles. The summed E-state index contributed by atoms with van der Waals surface area (Å²) in [5.74, 6) is 0. The molecule has 1 saturated heterocycles. The lowest BCUT2D eigenvalue weighted by Crippen LogP contribution is -2.41. The van der Waals surface area contributed by atoms with Crippen LogP contribution < -0.4 is 0 Å². The van der Waals surface area contributed by atoms with Crippen molar-refractivity contribution in [3.63, 3.8) is 0 Å². The van der Waals surface area contributed by atoms with Gasteiger partial charge in [0.15, 0.2) is 0 Å². The second-order valence-electron chi connectivity index (χ2n) is 5.01. The van der Waals surface area contributed by atoms with E-state index >= 15 is 0 Å². The molecule has 0 unspecified atom stereocenters. The molecule has 1 aliphatic rings. The third-order valence-electron chi connectivity index (χ3n) is 3.50. The molecule has 1 heterocycles. The minimum atomic E-state index is -3.39. The van der Waals surface area contributed by atoms with Crippen molar-refractivity contribution in [2.75, 3.05) is 26.3 Å². The maximum absolute atomic E-state index is 12.5. The summed E-state index contributed by atoms with van der Waals surface area (Å²) in [6.07, 6.45) is 1.39. The first-order valence-electron chi connectivity index (χ1n) is 6.83. The molecule has 1 N–H and O–H groups in total. The van der Waals surface area contributed by atoms with Crippen LogP contribution in [-0.4, -0.2) is 50.2 Å².